The highest BCUT2D eigenvalue weighted by atomic mass is 16.5. The monoisotopic (exact) mass is 479 g/mol. The van der Waals surface area contributed by atoms with Crippen LogP contribution >= 0.6 is 0 Å². The topological polar surface area (TPSA) is 100 Å². The number of hydrogen-bond acceptors (Lipinski definition) is 6. The molecule has 0 spiro atoms. The summed E-state index contributed by atoms with van der Waals surface area (Å²) in [6, 6.07) is 13.2. The van der Waals surface area contributed by atoms with Gasteiger partial charge in [-0.15, -0.1) is 0 Å². The molecule has 186 valence electrons. The lowest BCUT2D eigenvalue weighted by molar-refractivity contribution is -0.00717. The molecular formula is C27H33N3O5. The Hall–Kier alpha value is -2.94. The molecule has 0 aliphatic carbocycles. The van der Waals surface area contributed by atoms with E-state index in [9.17, 15) is 14.7 Å². The van der Waals surface area contributed by atoms with E-state index < -0.39 is 6.10 Å². The van der Waals surface area contributed by atoms with E-state index in [1.807, 2.05) is 24.0 Å². The van der Waals surface area contributed by atoms with Crippen LogP contribution in [0.5, 0.6) is 5.75 Å². The van der Waals surface area contributed by atoms with Gasteiger partial charge in [0.1, 0.15) is 5.75 Å². The number of carbonyl (C=O) groups is 2. The molecule has 8 nitrogen and oxygen atoms in total. The lowest BCUT2D eigenvalue weighted by Crippen LogP contribution is -2.49. The number of fused-ring (bicyclic) bond motifs is 3. The molecule has 3 unspecified atom stereocenters. The van der Waals surface area contributed by atoms with Gasteiger partial charge in [-0.1, -0.05) is 24.3 Å². The van der Waals surface area contributed by atoms with Crippen LogP contribution in [-0.2, 0) is 17.7 Å². The SMILES string of the molecule is CCOc1cc(C(=O)N2C3CCC2COC3)ccc1C(=O)NCC(O)[C@@H]1Cc2ccccc2CN1. The standard InChI is InChI=1S/C27H33N3O5/c1-2-35-25-12-18(27(33)30-20-8-9-21(30)16-34-15-20)7-10-22(25)26(32)29-14-24(31)23-11-17-5-3-4-6-19(17)13-28-23/h3-7,10,12,20-21,23-24,28,31H,2,8-9,11,13-16H2,1H3,(H,29,32)/t20?,21?,23-,24?/m0/s1. The van der Waals surface area contributed by atoms with Crippen LogP contribution in [0.25, 0.3) is 0 Å². The van der Waals surface area contributed by atoms with Crippen molar-refractivity contribution in [1.29, 1.82) is 0 Å². The van der Waals surface area contributed by atoms with Gasteiger partial charge in [-0.2, -0.15) is 0 Å². The second kappa shape index (κ2) is 10.4. The van der Waals surface area contributed by atoms with Crippen LogP contribution in [0.4, 0.5) is 0 Å². The Morgan fingerprint density at radius 2 is 1.91 bits per heavy atom. The molecule has 2 aromatic carbocycles. The second-order valence-corrected chi connectivity index (χ2v) is 9.52. The smallest absolute Gasteiger partial charge is 0.255 e. The van der Waals surface area contributed by atoms with Crippen molar-refractivity contribution in [2.45, 2.75) is 57.0 Å². The molecule has 0 saturated carbocycles. The predicted molar refractivity (Wildman–Crippen MR) is 131 cm³/mol. The normalized spacial score (nSPS) is 23.9. The highest BCUT2D eigenvalue weighted by molar-refractivity contribution is 6.00. The zero-order chi connectivity index (χ0) is 24.4. The quantitative estimate of drug-likeness (QED) is 0.561. The van der Waals surface area contributed by atoms with E-state index in [-0.39, 0.29) is 36.5 Å². The minimum atomic E-state index is -0.736. The molecule has 3 aliphatic rings. The van der Waals surface area contributed by atoms with Gasteiger partial charge < -0.3 is 30.1 Å². The molecule has 0 aromatic heterocycles. The van der Waals surface area contributed by atoms with Crippen LogP contribution in [0.3, 0.4) is 0 Å². The van der Waals surface area contributed by atoms with Gasteiger partial charge in [0.15, 0.2) is 0 Å². The Kier molecular flexibility index (Phi) is 7.04. The van der Waals surface area contributed by atoms with E-state index in [0.29, 0.717) is 49.7 Å². The van der Waals surface area contributed by atoms with Crippen molar-refractivity contribution >= 4 is 11.8 Å². The number of nitrogens with one attached hydrogen (secondary N) is 2. The lowest BCUT2D eigenvalue weighted by atomic mass is 9.93. The van der Waals surface area contributed by atoms with Crippen molar-refractivity contribution in [1.82, 2.24) is 15.5 Å². The third-order valence-corrected chi connectivity index (χ3v) is 7.30. The highest BCUT2D eigenvalue weighted by Gasteiger charge is 2.40. The van der Waals surface area contributed by atoms with Crippen molar-refractivity contribution in [3.05, 3.63) is 64.7 Å². The molecular weight excluding hydrogens is 446 g/mol. The van der Waals surface area contributed by atoms with Gasteiger partial charge in [-0.25, -0.2) is 0 Å². The van der Waals surface area contributed by atoms with Crippen molar-refractivity contribution < 1.29 is 24.2 Å². The Labute approximate surface area is 205 Å². The van der Waals surface area contributed by atoms with Gasteiger partial charge in [-0.05, 0) is 55.5 Å². The molecule has 5 rings (SSSR count). The summed E-state index contributed by atoms with van der Waals surface area (Å²) in [6.45, 7) is 4.17. The van der Waals surface area contributed by atoms with Crippen LogP contribution in [0.1, 0.15) is 51.6 Å². The van der Waals surface area contributed by atoms with Crippen LogP contribution < -0.4 is 15.4 Å². The maximum absolute atomic E-state index is 13.3. The third-order valence-electron chi connectivity index (χ3n) is 7.30. The second-order valence-electron chi connectivity index (χ2n) is 9.52. The molecule has 3 N–H and O–H groups in total. The number of rotatable bonds is 7. The third kappa shape index (κ3) is 4.91. The summed E-state index contributed by atoms with van der Waals surface area (Å²) in [4.78, 5) is 28.2. The van der Waals surface area contributed by atoms with Crippen molar-refractivity contribution in [2.24, 2.45) is 0 Å². The summed E-state index contributed by atoms with van der Waals surface area (Å²) in [5.74, 6) is -0.0161. The van der Waals surface area contributed by atoms with E-state index in [1.165, 1.54) is 11.1 Å². The van der Waals surface area contributed by atoms with Gasteiger partial charge in [0.05, 0.1) is 43.6 Å². The van der Waals surface area contributed by atoms with Crippen molar-refractivity contribution in [3.8, 4) is 5.75 Å². The van der Waals surface area contributed by atoms with Gasteiger partial charge in [-0.3, -0.25) is 9.59 Å². The number of nitrogens with zero attached hydrogens (tertiary/aromatic N) is 1. The van der Waals surface area contributed by atoms with Gasteiger partial charge in [0.25, 0.3) is 11.8 Å². The largest absolute Gasteiger partial charge is 0.493 e. The minimum Gasteiger partial charge on any atom is -0.493 e. The van der Waals surface area contributed by atoms with E-state index >= 15 is 0 Å². The maximum atomic E-state index is 13.3. The van der Waals surface area contributed by atoms with E-state index in [4.69, 9.17) is 9.47 Å². The molecule has 2 aromatic rings. The first-order valence-electron chi connectivity index (χ1n) is 12.5. The fourth-order valence-corrected chi connectivity index (χ4v) is 5.41. The molecule has 4 atom stereocenters. The Bertz CT molecular complexity index is 1070. The zero-order valence-corrected chi connectivity index (χ0v) is 20.0. The average molecular weight is 480 g/mol. The fourth-order valence-electron chi connectivity index (χ4n) is 5.41. The first-order chi connectivity index (χ1) is 17.0. The van der Waals surface area contributed by atoms with Crippen LogP contribution in [0, 0.1) is 0 Å². The van der Waals surface area contributed by atoms with Crippen LogP contribution in [-0.4, -0.2) is 72.4 Å². The maximum Gasteiger partial charge on any atom is 0.255 e. The fraction of sp³-hybridized carbons (Fsp3) is 0.481. The molecule has 2 amide bonds. The number of carbonyl (C=O) groups excluding carboxylic acids is 2. The van der Waals surface area contributed by atoms with Gasteiger partial charge in [0.2, 0.25) is 0 Å². The molecule has 3 heterocycles. The summed E-state index contributed by atoms with van der Waals surface area (Å²) in [7, 11) is 0. The van der Waals surface area contributed by atoms with Crippen molar-refractivity contribution in [2.75, 3.05) is 26.4 Å². The number of ether oxygens (including phenoxy) is 2. The summed E-state index contributed by atoms with van der Waals surface area (Å²) >= 11 is 0. The van der Waals surface area contributed by atoms with Crippen LogP contribution in [0.15, 0.2) is 42.5 Å². The minimum absolute atomic E-state index is 0.0483. The zero-order valence-electron chi connectivity index (χ0n) is 20.0. The first-order valence-corrected chi connectivity index (χ1v) is 12.5. The summed E-state index contributed by atoms with van der Waals surface area (Å²) in [5, 5.41) is 16.9. The van der Waals surface area contributed by atoms with Gasteiger partial charge >= 0.3 is 0 Å². The summed E-state index contributed by atoms with van der Waals surface area (Å²) < 4.78 is 11.3. The predicted octanol–water partition coefficient (Wildman–Crippen LogP) is 1.89. The average Bonchev–Trinajstić information content (AvgIpc) is 3.14. The highest BCUT2D eigenvalue weighted by Crippen LogP contribution is 2.31. The van der Waals surface area contributed by atoms with E-state index in [2.05, 4.69) is 22.8 Å². The number of aliphatic hydroxyl groups is 1. The Morgan fingerprint density at radius 3 is 2.66 bits per heavy atom. The first kappa shape index (κ1) is 23.8. The Morgan fingerprint density at radius 1 is 1.17 bits per heavy atom. The molecule has 8 heteroatoms. The lowest BCUT2D eigenvalue weighted by Gasteiger charge is -2.34. The van der Waals surface area contributed by atoms with E-state index in [0.717, 1.165) is 12.8 Å². The molecule has 35 heavy (non-hydrogen) atoms. The summed E-state index contributed by atoms with van der Waals surface area (Å²) in [6.07, 6.45) is 1.89. The number of morpholine rings is 1. The Balaban J connectivity index is 1.24. The molecule has 3 aliphatic heterocycles. The number of hydrogen-bond donors (Lipinski definition) is 3. The molecule has 2 saturated heterocycles. The molecule has 2 fully saturated rings. The van der Waals surface area contributed by atoms with Crippen LogP contribution in [0.2, 0.25) is 0 Å². The molecule has 2 bridgehead atoms. The molecule has 0 radical (unpaired) electrons. The van der Waals surface area contributed by atoms with E-state index in [1.54, 1.807) is 18.2 Å². The number of amides is 2. The summed E-state index contributed by atoms with van der Waals surface area (Å²) in [5.41, 5.74) is 3.31. The number of benzene rings is 2. The van der Waals surface area contributed by atoms with Crippen molar-refractivity contribution in [3.63, 3.8) is 0 Å². The van der Waals surface area contributed by atoms with Gasteiger partial charge in [0, 0.05) is 24.7 Å². The number of aliphatic hydroxyl groups excluding tert-OH is 1.